The van der Waals surface area contributed by atoms with Crippen molar-refractivity contribution in [3.8, 4) is 23.0 Å². The van der Waals surface area contributed by atoms with Gasteiger partial charge in [-0.05, 0) is 30.7 Å². The van der Waals surface area contributed by atoms with E-state index in [1.165, 1.54) is 21.3 Å². The summed E-state index contributed by atoms with van der Waals surface area (Å²) in [5.74, 6) is 0.453. The van der Waals surface area contributed by atoms with Crippen molar-refractivity contribution in [3.05, 3.63) is 40.9 Å². The van der Waals surface area contributed by atoms with Gasteiger partial charge in [0.25, 0.3) is 5.91 Å². The number of benzene rings is 2. The van der Waals surface area contributed by atoms with Crippen molar-refractivity contribution in [2.75, 3.05) is 39.9 Å². The number of ether oxygens (including phenoxy) is 5. The molecule has 156 valence electrons. The van der Waals surface area contributed by atoms with Crippen LogP contribution in [0.3, 0.4) is 0 Å². The number of amides is 1. The van der Waals surface area contributed by atoms with E-state index in [1.54, 1.807) is 37.3 Å². The summed E-state index contributed by atoms with van der Waals surface area (Å²) in [7, 11) is 4.41. The number of esters is 1. The predicted molar refractivity (Wildman–Crippen MR) is 107 cm³/mol. The zero-order chi connectivity index (χ0) is 21.4. The van der Waals surface area contributed by atoms with Crippen LogP contribution in [0.25, 0.3) is 0 Å². The average molecular weight is 424 g/mol. The Morgan fingerprint density at radius 3 is 2.14 bits per heavy atom. The minimum absolute atomic E-state index is 0.333. The van der Waals surface area contributed by atoms with Crippen LogP contribution in [0.15, 0.2) is 30.3 Å². The Labute approximate surface area is 173 Å². The lowest BCUT2D eigenvalue weighted by Crippen LogP contribution is -2.23. The maximum absolute atomic E-state index is 12.1. The molecular weight excluding hydrogens is 402 g/mol. The van der Waals surface area contributed by atoms with Crippen molar-refractivity contribution in [2.45, 2.75) is 6.92 Å². The number of anilines is 1. The zero-order valence-corrected chi connectivity index (χ0v) is 17.3. The van der Waals surface area contributed by atoms with Crippen molar-refractivity contribution in [1.29, 1.82) is 0 Å². The maximum atomic E-state index is 12.1. The molecule has 0 saturated heterocycles. The zero-order valence-electron chi connectivity index (χ0n) is 16.5. The molecule has 29 heavy (non-hydrogen) atoms. The highest BCUT2D eigenvalue weighted by molar-refractivity contribution is 6.30. The van der Waals surface area contributed by atoms with Crippen molar-refractivity contribution in [3.63, 3.8) is 0 Å². The monoisotopic (exact) mass is 423 g/mol. The summed E-state index contributed by atoms with van der Waals surface area (Å²) >= 11 is 5.87. The average Bonchev–Trinajstić information content (AvgIpc) is 2.70. The summed E-state index contributed by atoms with van der Waals surface area (Å²) in [6, 6.07) is 8.15. The molecule has 0 saturated carbocycles. The summed E-state index contributed by atoms with van der Waals surface area (Å²) in [5, 5.41) is 3.17. The molecule has 0 aliphatic rings. The highest BCUT2D eigenvalue weighted by Gasteiger charge is 2.15. The van der Waals surface area contributed by atoms with Crippen LogP contribution >= 0.6 is 11.6 Å². The summed E-state index contributed by atoms with van der Waals surface area (Å²) in [6.45, 7) is 0.996. The fraction of sp³-hybridized carbons (Fsp3) is 0.300. The number of methoxy groups -OCH3 is 3. The molecule has 2 aromatic carbocycles. The van der Waals surface area contributed by atoms with E-state index in [1.807, 2.05) is 0 Å². The first-order valence-electron chi connectivity index (χ1n) is 8.52. The Morgan fingerprint density at radius 1 is 0.931 bits per heavy atom. The van der Waals surface area contributed by atoms with Crippen LogP contribution in [-0.4, -0.2) is 46.4 Å². The Kier molecular flexibility index (Phi) is 7.97. The van der Waals surface area contributed by atoms with E-state index < -0.39 is 18.5 Å². The summed E-state index contributed by atoms with van der Waals surface area (Å²) in [6.07, 6.45) is 0. The van der Waals surface area contributed by atoms with Gasteiger partial charge < -0.3 is 29.0 Å². The van der Waals surface area contributed by atoms with Gasteiger partial charge in [0.15, 0.2) is 24.7 Å². The van der Waals surface area contributed by atoms with Gasteiger partial charge in [-0.3, -0.25) is 4.79 Å². The van der Waals surface area contributed by atoms with E-state index in [2.05, 4.69) is 5.32 Å². The number of halogens is 1. The molecule has 0 heterocycles. The molecule has 8 nitrogen and oxygen atoms in total. The van der Waals surface area contributed by atoms with Gasteiger partial charge >= 0.3 is 5.97 Å². The molecule has 9 heteroatoms. The van der Waals surface area contributed by atoms with Gasteiger partial charge in [0, 0.05) is 22.8 Å². The Bertz CT molecular complexity index is 860. The first kappa shape index (κ1) is 22.2. The molecule has 2 aromatic rings. The molecule has 1 amide bonds. The second-order valence-electron chi connectivity index (χ2n) is 5.82. The van der Waals surface area contributed by atoms with Crippen LogP contribution in [0.1, 0.15) is 5.56 Å². The molecule has 0 atom stereocenters. The van der Waals surface area contributed by atoms with Gasteiger partial charge in [0.05, 0.1) is 21.3 Å². The molecule has 0 radical (unpaired) electrons. The van der Waals surface area contributed by atoms with Gasteiger partial charge in [0.2, 0.25) is 5.75 Å². The molecule has 0 aliphatic carbocycles. The van der Waals surface area contributed by atoms with Crippen LogP contribution in [-0.2, 0) is 14.3 Å². The molecule has 0 aliphatic heterocycles. The maximum Gasteiger partial charge on any atom is 0.344 e. The number of hydrogen-bond donors (Lipinski definition) is 1. The van der Waals surface area contributed by atoms with Crippen LogP contribution in [0, 0.1) is 6.92 Å². The predicted octanol–water partition coefficient (Wildman–Crippen LogP) is 3.23. The highest BCUT2D eigenvalue weighted by atomic mass is 35.5. The summed E-state index contributed by atoms with van der Waals surface area (Å²) in [4.78, 5) is 23.9. The molecule has 1 N–H and O–H groups in total. The molecule has 0 unspecified atom stereocenters. The van der Waals surface area contributed by atoms with Gasteiger partial charge in [-0.25, -0.2) is 4.79 Å². The van der Waals surface area contributed by atoms with Gasteiger partial charge in [0.1, 0.15) is 5.75 Å². The lowest BCUT2D eigenvalue weighted by atomic mass is 10.2. The van der Waals surface area contributed by atoms with Crippen molar-refractivity contribution in [2.24, 2.45) is 0 Å². The number of nitrogens with one attached hydrogen (secondary N) is 1. The first-order valence-corrected chi connectivity index (χ1v) is 8.90. The minimum Gasteiger partial charge on any atom is -0.493 e. The lowest BCUT2D eigenvalue weighted by Gasteiger charge is -2.14. The number of carbonyl (C=O) groups excluding carboxylic acids is 2. The Morgan fingerprint density at radius 2 is 1.59 bits per heavy atom. The van der Waals surface area contributed by atoms with Crippen molar-refractivity contribution >= 4 is 29.2 Å². The lowest BCUT2D eigenvalue weighted by molar-refractivity contribution is -0.149. The Hall–Kier alpha value is -3.13. The smallest absolute Gasteiger partial charge is 0.344 e. The third kappa shape index (κ3) is 6.18. The largest absolute Gasteiger partial charge is 0.493 e. The van der Waals surface area contributed by atoms with Crippen molar-refractivity contribution < 1.29 is 33.3 Å². The van der Waals surface area contributed by atoms with Gasteiger partial charge in [-0.2, -0.15) is 0 Å². The number of carbonyl (C=O) groups is 2. The van der Waals surface area contributed by atoms with Crippen LogP contribution in [0.4, 0.5) is 5.69 Å². The number of aryl methyl sites for hydroxylation is 1. The quantitative estimate of drug-likeness (QED) is 0.619. The van der Waals surface area contributed by atoms with E-state index in [0.717, 1.165) is 5.56 Å². The van der Waals surface area contributed by atoms with Crippen LogP contribution < -0.4 is 24.3 Å². The molecule has 2 rings (SSSR count). The van der Waals surface area contributed by atoms with Gasteiger partial charge in [-0.15, -0.1) is 0 Å². The molecule has 0 fully saturated rings. The number of hydrogen-bond acceptors (Lipinski definition) is 7. The van der Waals surface area contributed by atoms with E-state index in [9.17, 15) is 9.59 Å². The Balaban J connectivity index is 1.88. The topological polar surface area (TPSA) is 92.3 Å². The molecular formula is C20H22ClNO7. The van der Waals surface area contributed by atoms with Crippen LogP contribution in [0.5, 0.6) is 23.0 Å². The van der Waals surface area contributed by atoms with Crippen molar-refractivity contribution in [1.82, 2.24) is 0 Å². The van der Waals surface area contributed by atoms with E-state index in [-0.39, 0.29) is 6.61 Å². The van der Waals surface area contributed by atoms with E-state index in [4.69, 9.17) is 35.3 Å². The normalized spacial score (nSPS) is 10.1. The standard InChI is InChI=1S/C20H22ClNO7/c1-12-7-13(21)5-6-15(12)28-11-19(24)29-10-18(23)22-14-8-16(25-2)20(27-4)17(9-14)26-3/h5-9H,10-11H2,1-4H3,(H,22,23). The molecule has 0 spiro atoms. The van der Waals surface area contributed by atoms with E-state index in [0.29, 0.717) is 33.7 Å². The molecule has 0 aromatic heterocycles. The minimum atomic E-state index is -0.681. The van der Waals surface area contributed by atoms with Gasteiger partial charge in [-0.1, -0.05) is 11.6 Å². The summed E-state index contributed by atoms with van der Waals surface area (Å²) < 4.78 is 26.0. The third-order valence-electron chi connectivity index (χ3n) is 3.80. The molecule has 0 bridgehead atoms. The second kappa shape index (κ2) is 10.4. The van der Waals surface area contributed by atoms with E-state index >= 15 is 0 Å². The SMILES string of the molecule is COc1cc(NC(=O)COC(=O)COc2ccc(Cl)cc2C)cc(OC)c1OC. The fourth-order valence-corrected chi connectivity index (χ4v) is 2.68. The second-order valence-corrected chi connectivity index (χ2v) is 6.26. The van der Waals surface area contributed by atoms with Crippen LogP contribution in [0.2, 0.25) is 5.02 Å². The first-order chi connectivity index (χ1) is 13.9. The highest BCUT2D eigenvalue weighted by Crippen LogP contribution is 2.39. The third-order valence-corrected chi connectivity index (χ3v) is 4.03. The fourth-order valence-electron chi connectivity index (χ4n) is 2.45. The summed E-state index contributed by atoms with van der Waals surface area (Å²) in [5.41, 5.74) is 1.18. The number of rotatable bonds is 9.